The Kier molecular flexibility index (Phi) is 5.11. The zero-order valence-electron chi connectivity index (χ0n) is 13.9. The summed E-state index contributed by atoms with van der Waals surface area (Å²) in [5.41, 5.74) is 1.11. The molecule has 0 aliphatic carbocycles. The zero-order valence-corrected chi connectivity index (χ0v) is 13.9. The molecule has 0 aromatic heterocycles. The summed E-state index contributed by atoms with van der Waals surface area (Å²) in [6.45, 7) is -2.00. The average molecular weight is 365 g/mol. The third-order valence-electron chi connectivity index (χ3n) is 4.00. The Bertz CT molecular complexity index is 795. The van der Waals surface area contributed by atoms with Crippen LogP contribution in [-0.4, -0.2) is 37.9 Å². The van der Waals surface area contributed by atoms with Gasteiger partial charge >= 0.3 is 12.6 Å². The minimum absolute atomic E-state index is 0.0185. The maximum Gasteiger partial charge on any atom is 0.387 e. The Labute approximate surface area is 148 Å². The van der Waals surface area contributed by atoms with Gasteiger partial charge in [-0.1, -0.05) is 12.1 Å². The van der Waals surface area contributed by atoms with Crippen molar-refractivity contribution in [2.75, 3.05) is 25.2 Å². The number of rotatable bonds is 6. The first-order valence-corrected chi connectivity index (χ1v) is 7.85. The highest BCUT2D eigenvalue weighted by Crippen LogP contribution is 2.43. The highest BCUT2D eigenvalue weighted by atomic mass is 19.3. The van der Waals surface area contributed by atoms with Crippen LogP contribution in [0.25, 0.3) is 0 Å². The number of fused-ring (bicyclic) bond motifs is 1. The maximum absolute atomic E-state index is 12.6. The number of nitrogens with zero attached hydrogens (tertiary/aromatic N) is 1. The number of benzene rings is 2. The van der Waals surface area contributed by atoms with Crippen molar-refractivity contribution < 1.29 is 32.9 Å². The molecule has 8 heteroatoms. The van der Waals surface area contributed by atoms with Crippen molar-refractivity contribution in [1.82, 2.24) is 0 Å². The Hall–Kier alpha value is -3.03. The zero-order chi connectivity index (χ0) is 18.7. The fraction of sp³-hybridized carbons (Fsp3) is 0.278. The number of ether oxygens (including phenoxy) is 3. The van der Waals surface area contributed by atoms with Crippen LogP contribution in [-0.2, 0) is 6.54 Å². The van der Waals surface area contributed by atoms with Crippen molar-refractivity contribution in [1.29, 1.82) is 0 Å². The van der Waals surface area contributed by atoms with Crippen molar-refractivity contribution in [3.05, 3.63) is 47.5 Å². The summed E-state index contributed by atoms with van der Waals surface area (Å²) >= 11 is 0. The molecule has 3 rings (SSSR count). The molecule has 6 nitrogen and oxygen atoms in total. The SMILES string of the molecule is COc1ccc(CN2CCOc3c(OC(F)F)ccc(C(=O)O)c32)cc1. The summed E-state index contributed by atoms with van der Waals surface area (Å²) in [4.78, 5) is 13.4. The highest BCUT2D eigenvalue weighted by Gasteiger charge is 2.29. The molecule has 0 atom stereocenters. The summed E-state index contributed by atoms with van der Waals surface area (Å²) in [5, 5.41) is 9.48. The van der Waals surface area contributed by atoms with E-state index in [2.05, 4.69) is 4.74 Å². The molecule has 1 N–H and O–H groups in total. The lowest BCUT2D eigenvalue weighted by Gasteiger charge is -2.33. The van der Waals surface area contributed by atoms with E-state index < -0.39 is 12.6 Å². The number of carboxylic acid groups (broad SMARTS) is 1. The number of aromatic carboxylic acids is 1. The molecule has 26 heavy (non-hydrogen) atoms. The first-order chi connectivity index (χ1) is 12.5. The number of anilines is 1. The molecule has 0 saturated heterocycles. The van der Waals surface area contributed by atoms with Crippen LogP contribution in [0.2, 0.25) is 0 Å². The number of methoxy groups -OCH3 is 1. The fourth-order valence-electron chi connectivity index (χ4n) is 2.85. The van der Waals surface area contributed by atoms with Gasteiger partial charge in [0.1, 0.15) is 12.4 Å². The summed E-state index contributed by atoms with van der Waals surface area (Å²) in [6, 6.07) is 9.73. The molecule has 0 fully saturated rings. The Balaban J connectivity index is 1.98. The minimum Gasteiger partial charge on any atom is -0.497 e. The molecule has 0 saturated carbocycles. The Morgan fingerprint density at radius 3 is 2.62 bits per heavy atom. The van der Waals surface area contributed by atoms with Crippen molar-refractivity contribution in [3.63, 3.8) is 0 Å². The molecule has 1 aliphatic heterocycles. The maximum atomic E-state index is 12.6. The lowest BCUT2D eigenvalue weighted by atomic mass is 10.1. The second-order valence-electron chi connectivity index (χ2n) is 5.59. The van der Waals surface area contributed by atoms with Crippen LogP contribution >= 0.6 is 0 Å². The molecule has 0 unspecified atom stereocenters. The second-order valence-corrected chi connectivity index (χ2v) is 5.59. The number of hydrogen-bond acceptors (Lipinski definition) is 5. The molecule has 138 valence electrons. The Morgan fingerprint density at radius 1 is 1.27 bits per heavy atom. The third kappa shape index (κ3) is 3.63. The van der Waals surface area contributed by atoms with Crippen LogP contribution in [0.4, 0.5) is 14.5 Å². The van der Waals surface area contributed by atoms with Gasteiger partial charge in [0.15, 0.2) is 11.5 Å². The van der Waals surface area contributed by atoms with E-state index in [-0.39, 0.29) is 29.4 Å². The smallest absolute Gasteiger partial charge is 0.387 e. The van der Waals surface area contributed by atoms with Crippen LogP contribution in [0, 0.1) is 0 Å². The summed E-state index contributed by atoms with van der Waals surface area (Å²) in [5.74, 6) is -0.630. The van der Waals surface area contributed by atoms with Gasteiger partial charge in [0.25, 0.3) is 0 Å². The standard InChI is InChI=1S/C18H17F2NO5/c1-24-12-4-2-11(3-5-12)10-21-8-9-25-16-14(26-18(19)20)7-6-13(15(16)21)17(22)23/h2-7,18H,8-10H2,1H3,(H,22,23). The molecule has 2 aromatic carbocycles. The number of carboxylic acids is 1. The van der Waals surface area contributed by atoms with Gasteiger partial charge in [0.2, 0.25) is 0 Å². The van der Waals surface area contributed by atoms with Gasteiger partial charge < -0.3 is 24.2 Å². The van der Waals surface area contributed by atoms with E-state index >= 15 is 0 Å². The molecule has 0 spiro atoms. The van der Waals surface area contributed by atoms with Gasteiger partial charge in [-0.3, -0.25) is 0 Å². The van der Waals surface area contributed by atoms with E-state index in [0.717, 1.165) is 5.56 Å². The fourth-order valence-corrected chi connectivity index (χ4v) is 2.85. The van der Waals surface area contributed by atoms with E-state index in [9.17, 15) is 18.7 Å². The van der Waals surface area contributed by atoms with Crippen LogP contribution in [0.5, 0.6) is 17.2 Å². The molecule has 1 aliphatic rings. The number of hydrogen-bond donors (Lipinski definition) is 1. The topological polar surface area (TPSA) is 68.2 Å². The van der Waals surface area contributed by atoms with Crippen LogP contribution in [0.1, 0.15) is 15.9 Å². The largest absolute Gasteiger partial charge is 0.497 e. The molecule has 2 aromatic rings. The summed E-state index contributed by atoms with van der Waals surface area (Å²) < 4.78 is 40.4. The minimum atomic E-state index is -3.03. The quantitative estimate of drug-likeness (QED) is 0.846. The van der Waals surface area contributed by atoms with Crippen molar-refractivity contribution >= 4 is 11.7 Å². The van der Waals surface area contributed by atoms with Crippen molar-refractivity contribution in [3.8, 4) is 17.2 Å². The number of halogens is 2. The van der Waals surface area contributed by atoms with Gasteiger partial charge in [-0.25, -0.2) is 4.79 Å². The number of carbonyl (C=O) groups is 1. The van der Waals surface area contributed by atoms with Crippen LogP contribution in [0.3, 0.4) is 0 Å². The molecule has 0 radical (unpaired) electrons. The lowest BCUT2D eigenvalue weighted by Crippen LogP contribution is -2.34. The van der Waals surface area contributed by atoms with Crippen LogP contribution in [0.15, 0.2) is 36.4 Å². The van der Waals surface area contributed by atoms with Crippen molar-refractivity contribution in [2.24, 2.45) is 0 Å². The highest BCUT2D eigenvalue weighted by molar-refractivity contribution is 5.97. The van der Waals surface area contributed by atoms with Gasteiger partial charge in [-0.15, -0.1) is 0 Å². The Morgan fingerprint density at radius 2 is 2.00 bits per heavy atom. The van der Waals surface area contributed by atoms with Gasteiger partial charge in [-0.05, 0) is 29.8 Å². The molecule has 1 heterocycles. The van der Waals surface area contributed by atoms with Gasteiger partial charge in [0.05, 0.1) is 24.9 Å². The van der Waals surface area contributed by atoms with Gasteiger partial charge in [0, 0.05) is 6.54 Å². The average Bonchev–Trinajstić information content (AvgIpc) is 2.62. The predicted molar refractivity (Wildman–Crippen MR) is 89.6 cm³/mol. The normalized spacial score (nSPS) is 13.2. The summed E-state index contributed by atoms with van der Waals surface area (Å²) in [6.07, 6.45) is 0. The first kappa shape index (κ1) is 17.8. The van der Waals surface area contributed by atoms with E-state index in [1.165, 1.54) is 12.1 Å². The van der Waals surface area contributed by atoms with E-state index in [0.29, 0.717) is 18.8 Å². The van der Waals surface area contributed by atoms with Gasteiger partial charge in [-0.2, -0.15) is 8.78 Å². The summed E-state index contributed by atoms with van der Waals surface area (Å²) in [7, 11) is 1.57. The predicted octanol–water partition coefficient (Wildman–Crippen LogP) is 3.39. The van der Waals surface area contributed by atoms with E-state index in [4.69, 9.17) is 9.47 Å². The number of alkyl halides is 2. The monoisotopic (exact) mass is 365 g/mol. The van der Waals surface area contributed by atoms with E-state index in [1.807, 2.05) is 12.1 Å². The molecular formula is C18H17F2NO5. The molecular weight excluding hydrogens is 348 g/mol. The third-order valence-corrected chi connectivity index (χ3v) is 4.00. The van der Waals surface area contributed by atoms with Crippen molar-refractivity contribution in [2.45, 2.75) is 13.2 Å². The van der Waals surface area contributed by atoms with Crippen LogP contribution < -0.4 is 19.1 Å². The molecule has 0 bridgehead atoms. The van der Waals surface area contributed by atoms with E-state index in [1.54, 1.807) is 24.1 Å². The second kappa shape index (κ2) is 7.47. The first-order valence-electron chi connectivity index (χ1n) is 7.85. The lowest BCUT2D eigenvalue weighted by molar-refractivity contribution is -0.0515. The molecule has 0 amide bonds.